The summed E-state index contributed by atoms with van der Waals surface area (Å²) in [6.45, 7) is 0.825. The van der Waals surface area contributed by atoms with Gasteiger partial charge in [0.15, 0.2) is 36.2 Å². The number of halogens is 1. The fraction of sp³-hybridized carbons (Fsp3) is 0.280. The van der Waals surface area contributed by atoms with Crippen molar-refractivity contribution in [3.8, 4) is 17.2 Å². The van der Waals surface area contributed by atoms with Crippen LogP contribution in [0.25, 0.3) is 0 Å². The Kier molecular flexibility index (Phi) is 7.18. The van der Waals surface area contributed by atoms with Crippen LogP contribution in [0, 0.1) is 5.92 Å². The average molecular weight is 440 g/mol. The quantitative estimate of drug-likeness (QED) is 0.507. The lowest BCUT2D eigenvalue weighted by atomic mass is 9.96. The SMILES string of the molecule is COc1cc2c(c(OC)c1OC)C(=O)C(Cc1cc[n+](Cc3ccccc3)cc1)C2.[Cl-]. The molecule has 6 heteroatoms. The molecule has 0 radical (unpaired) electrons. The van der Waals surface area contributed by atoms with E-state index in [0.29, 0.717) is 35.7 Å². The van der Waals surface area contributed by atoms with Crippen molar-refractivity contribution in [2.24, 2.45) is 5.92 Å². The second-order valence-corrected chi connectivity index (χ2v) is 7.51. The first kappa shape index (κ1) is 22.6. The highest BCUT2D eigenvalue weighted by atomic mass is 35.5. The maximum Gasteiger partial charge on any atom is 0.204 e. The van der Waals surface area contributed by atoms with Gasteiger partial charge in [0.1, 0.15) is 0 Å². The van der Waals surface area contributed by atoms with E-state index in [0.717, 1.165) is 17.7 Å². The number of fused-ring (bicyclic) bond motifs is 1. The molecule has 0 N–H and O–H groups in total. The Morgan fingerprint density at radius 2 is 1.58 bits per heavy atom. The Balaban J connectivity index is 0.00000272. The Morgan fingerprint density at radius 1 is 0.903 bits per heavy atom. The number of hydrogen-bond acceptors (Lipinski definition) is 4. The number of nitrogens with zero attached hydrogens (tertiary/aromatic N) is 1. The molecule has 31 heavy (non-hydrogen) atoms. The van der Waals surface area contributed by atoms with E-state index in [-0.39, 0.29) is 24.1 Å². The lowest BCUT2D eigenvalue weighted by Gasteiger charge is -2.15. The first-order valence-corrected chi connectivity index (χ1v) is 10.0. The summed E-state index contributed by atoms with van der Waals surface area (Å²) in [6, 6.07) is 16.4. The van der Waals surface area contributed by atoms with Crippen LogP contribution < -0.4 is 31.2 Å². The molecule has 0 aliphatic heterocycles. The Labute approximate surface area is 189 Å². The standard InChI is InChI=1S/C25H26NO4.ClH/c1-28-21-15-19-14-20(23(27)22(19)25(30-3)24(21)29-2)13-17-9-11-26(12-10-17)16-18-7-5-4-6-8-18;/h4-12,15,20H,13-14,16H2,1-3H3;1H/q+1;/p-1. The summed E-state index contributed by atoms with van der Waals surface area (Å²) < 4.78 is 18.6. The zero-order valence-corrected chi connectivity index (χ0v) is 18.7. The molecule has 2 aromatic carbocycles. The number of benzene rings is 2. The largest absolute Gasteiger partial charge is 1.00 e. The van der Waals surface area contributed by atoms with Crippen molar-refractivity contribution < 1.29 is 36.0 Å². The Hall–Kier alpha value is -3.05. The number of methoxy groups -OCH3 is 3. The van der Waals surface area contributed by atoms with E-state index in [2.05, 4.69) is 41.2 Å². The van der Waals surface area contributed by atoms with Crippen LogP contribution in [0.5, 0.6) is 17.2 Å². The third-order valence-corrected chi connectivity index (χ3v) is 5.65. The van der Waals surface area contributed by atoms with Crippen molar-refractivity contribution in [2.45, 2.75) is 19.4 Å². The summed E-state index contributed by atoms with van der Waals surface area (Å²) in [4.78, 5) is 13.2. The van der Waals surface area contributed by atoms with Crippen molar-refractivity contribution in [2.75, 3.05) is 21.3 Å². The van der Waals surface area contributed by atoms with Gasteiger partial charge in [-0.15, -0.1) is 0 Å². The molecule has 0 saturated heterocycles. The predicted octanol–water partition coefficient (Wildman–Crippen LogP) is 0.650. The first-order chi connectivity index (χ1) is 14.6. The maximum absolute atomic E-state index is 13.2. The van der Waals surface area contributed by atoms with Crippen LogP contribution in [0.15, 0.2) is 60.9 Å². The van der Waals surface area contributed by atoms with E-state index in [1.165, 1.54) is 5.56 Å². The Bertz CT molecular complexity index is 1050. The first-order valence-electron chi connectivity index (χ1n) is 10.0. The number of Topliss-reactive ketones (excluding diaryl/α,β-unsaturated/α-hetero) is 1. The summed E-state index contributed by atoms with van der Waals surface area (Å²) in [5, 5.41) is 0. The van der Waals surface area contributed by atoms with E-state index in [4.69, 9.17) is 14.2 Å². The summed E-state index contributed by atoms with van der Waals surface area (Å²) in [7, 11) is 4.70. The zero-order valence-electron chi connectivity index (χ0n) is 17.9. The van der Waals surface area contributed by atoms with Crippen molar-refractivity contribution in [3.63, 3.8) is 0 Å². The van der Waals surface area contributed by atoms with Gasteiger partial charge in [0.25, 0.3) is 0 Å². The molecule has 0 bridgehead atoms. The van der Waals surface area contributed by atoms with Crippen LogP contribution >= 0.6 is 0 Å². The van der Waals surface area contributed by atoms with Crippen molar-refractivity contribution in [3.05, 3.63) is 83.2 Å². The second-order valence-electron chi connectivity index (χ2n) is 7.51. The van der Waals surface area contributed by atoms with E-state index in [1.54, 1.807) is 21.3 Å². The number of carbonyl (C=O) groups is 1. The number of hydrogen-bond donors (Lipinski definition) is 0. The van der Waals surface area contributed by atoms with Crippen LogP contribution in [0.4, 0.5) is 0 Å². The van der Waals surface area contributed by atoms with Gasteiger partial charge >= 0.3 is 0 Å². The highest BCUT2D eigenvalue weighted by molar-refractivity contribution is 6.06. The van der Waals surface area contributed by atoms with Crippen LogP contribution in [0.2, 0.25) is 0 Å². The van der Waals surface area contributed by atoms with Crippen LogP contribution in [0.1, 0.15) is 27.0 Å². The smallest absolute Gasteiger partial charge is 0.204 e. The molecule has 0 amide bonds. The van der Waals surface area contributed by atoms with Gasteiger partial charge in [-0.25, -0.2) is 4.57 Å². The molecule has 162 valence electrons. The fourth-order valence-electron chi connectivity index (χ4n) is 4.17. The van der Waals surface area contributed by atoms with Crippen LogP contribution in [-0.4, -0.2) is 27.1 Å². The molecule has 1 heterocycles. The molecule has 1 aliphatic carbocycles. The molecule has 1 aliphatic rings. The van der Waals surface area contributed by atoms with Gasteiger partial charge in [0.05, 0.1) is 26.9 Å². The molecule has 0 saturated carbocycles. The molecule has 5 nitrogen and oxygen atoms in total. The van der Waals surface area contributed by atoms with Gasteiger partial charge in [0.2, 0.25) is 5.75 Å². The van der Waals surface area contributed by atoms with Gasteiger partial charge in [-0.3, -0.25) is 4.79 Å². The van der Waals surface area contributed by atoms with Gasteiger partial charge in [-0.05, 0) is 30.0 Å². The minimum Gasteiger partial charge on any atom is -1.00 e. The Morgan fingerprint density at radius 3 is 2.19 bits per heavy atom. The van der Waals surface area contributed by atoms with Gasteiger partial charge in [-0.2, -0.15) is 0 Å². The van der Waals surface area contributed by atoms with E-state index in [1.807, 2.05) is 24.3 Å². The number of carbonyl (C=O) groups excluding carboxylic acids is 1. The van der Waals surface area contributed by atoms with E-state index < -0.39 is 0 Å². The minimum atomic E-state index is -0.115. The van der Waals surface area contributed by atoms with Crippen LogP contribution in [0.3, 0.4) is 0 Å². The molecule has 1 atom stereocenters. The summed E-state index contributed by atoms with van der Waals surface area (Å²) in [5.74, 6) is 1.50. The van der Waals surface area contributed by atoms with Gasteiger partial charge in [0, 0.05) is 23.6 Å². The van der Waals surface area contributed by atoms with Crippen LogP contribution in [-0.2, 0) is 19.4 Å². The lowest BCUT2D eigenvalue weighted by molar-refractivity contribution is -0.688. The summed E-state index contributed by atoms with van der Waals surface area (Å²) in [6.07, 6.45) is 5.50. The normalized spacial score (nSPS) is 14.5. The second kappa shape index (κ2) is 9.84. The predicted molar refractivity (Wildman–Crippen MR) is 114 cm³/mol. The lowest BCUT2D eigenvalue weighted by Crippen LogP contribution is -3.00. The van der Waals surface area contributed by atoms with Crippen molar-refractivity contribution in [1.29, 1.82) is 0 Å². The molecular weight excluding hydrogens is 414 g/mol. The fourth-order valence-corrected chi connectivity index (χ4v) is 4.17. The zero-order chi connectivity index (χ0) is 21.1. The maximum atomic E-state index is 13.2. The highest BCUT2D eigenvalue weighted by Crippen LogP contribution is 2.46. The minimum absolute atomic E-state index is 0. The highest BCUT2D eigenvalue weighted by Gasteiger charge is 2.36. The monoisotopic (exact) mass is 439 g/mol. The number of rotatable bonds is 7. The third-order valence-electron chi connectivity index (χ3n) is 5.65. The number of pyridine rings is 1. The molecule has 3 aromatic rings. The molecular formula is C25H26ClNO4. The third kappa shape index (κ3) is 4.52. The molecule has 0 spiro atoms. The van der Waals surface area contributed by atoms with E-state index in [9.17, 15) is 4.79 Å². The van der Waals surface area contributed by atoms with Crippen molar-refractivity contribution in [1.82, 2.24) is 0 Å². The molecule has 1 unspecified atom stereocenters. The summed E-state index contributed by atoms with van der Waals surface area (Å²) in [5.41, 5.74) is 3.97. The average Bonchev–Trinajstić information content (AvgIpc) is 3.09. The number of ketones is 1. The molecule has 4 rings (SSSR count). The number of ether oxygens (including phenoxy) is 3. The molecule has 0 fully saturated rings. The topological polar surface area (TPSA) is 48.6 Å². The number of aromatic nitrogens is 1. The molecule has 1 aromatic heterocycles. The van der Waals surface area contributed by atoms with Gasteiger partial charge < -0.3 is 26.6 Å². The van der Waals surface area contributed by atoms with Gasteiger partial charge in [-0.1, -0.05) is 30.3 Å². The van der Waals surface area contributed by atoms with Crippen molar-refractivity contribution >= 4 is 5.78 Å². The summed E-state index contributed by atoms with van der Waals surface area (Å²) >= 11 is 0. The van der Waals surface area contributed by atoms with E-state index >= 15 is 0 Å².